The number of carbonyl (C=O) groups excluding carboxylic acids is 2. The van der Waals surface area contributed by atoms with Gasteiger partial charge in [0, 0.05) is 42.6 Å². The highest BCUT2D eigenvalue weighted by Crippen LogP contribution is 2.39. The molecule has 2 aliphatic heterocycles. The van der Waals surface area contributed by atoms with Crippen LogP contribution in [0.15, 0.2) is 67.0 Å². The number of nitriles is 1. The number of hydrogen-bond acceptors (Lipinski definition) is 10. The fraction of sp³-hybridized carbons (Fsp3) is 0.381. The minimum absolute atomic E-state index is 0.172. The smallest absolute Gasteiger partial charge is 0.323 e. The van der Waals surface area contributed by atoms with Crippen molar-refractivity contribution in [3.05, 3.63) is 99.8 Å². The minimum Gasteiger partial charge on any atom is -0.488 e. The Bertz CT molecular complexity index is 1960. The number of nitrogens with zero attached hydrogens (tertiary/aromatic N) is 3. The lowest BCUT2D eigenvalue weighted by atomic mass is 9.96. The monoisotopic (exact) mass is 737 g/mol. The normalized spacial score (nSPS) is 16.7. The molecule has 0 spiro atoms. The summed E-state index contributed by atoms with van der Waals surface area (Å²) in [5.41, 5.74) is 5.97. The van der Waals surface area contributed by atoms with Gasteiger partial charge in [0.1, 0.15) is 55.8 Å². The van der Waals surface area contributed by atoms with E-state index in [1.54, 1.807) is 18.3 Å². The second-order valence-electron chi connectivity index (χ2n) is 13.4. The average molecular weight is 738 g/mol. The summed E-state index contributed by atoms with van der Waals surface area (Å²) in [6.07, 6.45) is 8.43. The summed E-state index contributed by atoms with van der Waals surface area (Å²) in [7, 11) is 0. The molecule has 0 aliphatic carbocycles. The molecule has 53 heavy (non-hydrogen) atoms. The Hall–Kier alpha value is -5.11. The second-order valence-corrected chi connectivity index (χ2v) is 13.8. The number of fused-ring (bicyclic) bond motifs is 1. The van der Waals surface area contributed by atoms with Crippen LogP contribution in [0.2, 0.25) is 5.02 Å². The molecule has 4 aromatic rings. The molecule has 0 radical (unpaired) electrons. The van der Waals surface area contributed by atoms with E-state index >= 15 is 0 Å². The predicted octanol–water partition coefficient (Wildman–Crippen LogP) is 8.17. The van der Waals surface area contributed by atoms with Crippen molar-refractivity contribution < 1.29 is 33.3 Å². The van der Waals surface area contributed by atoms with Crippen LogP contribution >= 0.6 is 11.6 Å². The maximum atomic E-state index is 13.1. The van der Waals surface area contributed by atoms with Crippen molar-refractivity contribution in [1.82, 2.24) is 9.88 Å². The number of aromatic nitrogens is 1. The van der Waals surface area contributed by atoms with Crippen molar-refractivity contribution in [3.8, 4) is 40.2 Å². The summed E-state index contributed by atoms with van der Waals surface area (Å²) in [5.74, 6) is 2.09. The van der Waals surface area contributed by atoms with Crippen LogP contribution in [0.1, 0.15) is 73.3 Å². The van der Waals surface area contributed by atoms with Gasteiger partial charge in [-0.1, -0.05) is 55.6 Å². The molecule has 276 valence electrons. The first-order chi connectivity index (χ1) is 25.9. The molecular formula is C42H44ClN3O7. The van der Waals surface area contributed by atoms with E-state index in [-0.39, 0.29) is 37.7 Å². The summed E-state index contributed by atoms with van der Waals surface area (Å²) < 4.78 is 30.2. The molecule has 1 aromatic heterocycles. The number of ether oxygens (including phenoxy) is 5. The van der Waals surface area contributed by atoms with E-state index < -0.39 is 0 Å². The Morgan fingerprint density at radius 3 is 2.75 bits per heavy atom. The van der Waals surface area contributed by atoms with Crippen molar-refractivity contribution in [3.63, 3.8) is 0 Å². The number of pyridine rings is 1. The SMILES string of the molecule is CCCCOC(=O)[C@@H]1CCCCN1Cc1cc(Cl)c(OCc2cccc(-c3ccc4c(c3)OC(CC=O)CO4)c2C)cc1OCc1cncc(C#N)c1. The number of hydrogen-bond donors (Lipinski definition) is 0. The van der Waals surface area contributed by atoms with Gasteiger partial charge in [0.25, 0.3) is 0 Å². The molecular weight excluding hydrogens is 694 g/mol. The molecule has 3 aromatic carbocycles. The zero-order valence-corrected chi connectivity index (χ0v) is 30.9. The molecule has 6 rings (SSSR count). The first-order valence-corrected chi connectivity index (χ1v) is 18.5. The van der Waals surface area contributed by atoms with Crippen molar-refractivity contribution in [2.24, 2.45) is 0 Å². The van der Waals surface area contributed by atoms with Crippen molar-refractivity contribution in [2.75, 3.05) is 19.8 Å². The zero-order valence-electron chi connectivity index (χ0n) is 30.1. The van der Waals surface area contributed by atoms with Gasteiger partial charge in [0.15, 0.2) is 11.5 Å². The molecule has 11 heteroatoms. The molecule has 3 heterocycles. The van der Waals surface area contributed by atoms with Gasteiger partial charge in [0.05, 0.1) is 17.2 Å². The zero-order chi connectivity index (χ0) is 37.2. The van der Waals surface area contributed by atoms with Crippen LogP contribution in [0.5, 0.6) is 23.0 Å². The minimum atomic E-state index is -0.345. The van der Waals surface area contributed by atoms with Crippen LogP contribution in [0.4, 0.5) is 0 Å². The Kier molecular flexibility index (Phi) is 12.8. The summed E-state index contributed by atoms with van der Waals surface area (Å²) >= 11 is 6.91. The number of rotatable bonds is 15. The number of piperidine rings is 1. The third-order valence-corrected chi connectivity index (χ3v) is 9.89. The molecule has 0 N–H and O–H groups in total. The number of unbranched alkanes of at least 4 members (excludes halogenated alkanes) is 1. The van der Waals surface area contributed by atoms with E-state index in [9.17, 15) is 14.9 Å². The Balaban J connectivity index is 1.23. The highest BCUT2D eigenvalue weighted by molar-refractivity contribution is 6.32. The van der Waals surface area contributed by atoms with Crippen LogP contribution in [0.3, 0.4) is 0 Å². The third-order valence-electron chi connectivity index (χ3n) is 9.60. The van der Waals surface area contributed by atoms with Gasteiger partial charge >= 0.3 is 5.97 Å². The fourth-order valence-corrected chi connectivity index (χ4v) is 6.87. The lowest BCUT2D eigenvalue weighted by Gasteiger charge is -2.34. The van der Waals surface area contributed by atoms with E-state index in [0.29, 0.717) is 53.3 Å². The van der Waals surface area contributed by atoms with E-state index in [0.717, 1.165) is 78.3 Å². The third kappa shape index (κ3) is 9.47. The molecule has 0 amide bonds. The van der Waals surface area contributed by atoms with E-state index in [4.69, 9.17) is 35.3 Å². The van der Waals surface area contributed by atoms with Gasteiger partial charge in [-0.3, -0.25) is 14.7 Å². The quantitative estimate of drug-likeness (QED) is 0.0671. The molecule has 1 unspecified atom stereocenters. The topological polar surface area (TPSA) is 120 Å². The molecule has 0 saturated carbocycles. The van der Waals surface area contributed by atoms with E-state index in [2.05, 4.69) is 22.9 Å². The van der Waals surface area contributed by atoms with Crippen LogP contribution < -0.4 is 18.9 Å². The first-order valence-electron chi connectivity index (χ1n) is 18.2. The Labute approximate surface area is 315 Å². The van der Waals surface area contributed by atoms with E-state index in [1.165, 1.54) is 6.20 Å². The van der Waals surface area contributed by atoms with Crippen LogP contribution in [0, 0.1) is 18.3 Å². The first kappa shape index (κ1) is 37.6. The van der Waals surface area contributed by atoms with Gasteiger partial charge in [-0.05, 0) is 79.3 Å². The molecule has 0 bridgehead atoms. The van der Waals surface area contributed by atoms with Gasteiger partial charge in [-0.15, -0.1) is 0 Å². The van der Waals surface area contributed by atoms with Gasteiger partial charge in [0.2, 0.25) is 0 Å². The lowest BCUT2D eigenvalue weighted by molar-refractivity contribution is -0.151. The Morgan fingerprint density at radius 1 is 1.06 bits per heavy atom. The summed E-state index contributed by atoms with van der Waals surface area (Å²) in [6, 6.07) is 19.0. The van der Waals surface area contributed by atoms with Gasteiger partial charge in [-0.25, -0.2) is 0 Å². The summed E-state index contributed by atoms with van der Waals surface area (Å²) in [6.45, 7) is 6.48. The maximum Gasteiger partial charge on any atom is 0.323 e. The van der Waals surface area contributed by atoms with Gasteiger partial charge < -0.3 is 28.5 Å². The molecule has 10 nitrogen and oxygen atoms in total. The van der Waals surface area contributed by atoms with Crippen molar-refractivity contribution >= 4 is 23.9 Å². The lowest BCUT2D eigenvalue weighted by Crippen LogP contribution is -2.45. The Morgan fingerprint density at radius 2 is 1.92 bits per heavy atom. The molecule has 2 aliphatic rings. The number of esters is 1. The highest BCUT2D eigenvalue weighted by atomic mass is 35.5. The summed E-state index contributed by atoms with van der Waals surface area (Å²) in [4.78, 5) is 30.5. The number of benzene rings is 3. The van der Waals surface area contributed by atoms with Gasteiger partial charge in [-0.2, -0.15) is 5.26 Å². The predicted molar refractivity (Wildman–Crippen MR) is 200 cm³/mol. The second kappa shape index (κ2) is 18.1. The standard InChI is InChI=1S/C42H44ClN3O7/c1-3-4-16-49-42(48)37-10-5-6-14-46(37)24-33-18-36(43)40(20-39(33)50-25-30-17-29(21-44)22-45-23-30)51-26-32-8-7-9-35(28(32)2)31-11-12-38-41(19-31)53-34(13-15-47)27-52-38/h7-9,11-12,15,17-20,22-23,34,37H,3-6,10,13-14,16,24-27H2,1-2H3/t34?,37-/m0/s1. The highest BCUT2D eigenvalue weighted by Gasteiger charge is 2.31. The maximum absolute atomic E-state index is 13.1. The molecule has 1 fully saturated rings. The number of carbonyl (C=O) groups is 2. The average Bonchev–Trinajstić information content (AvgIpc) is 3.18. The van der Waals surface area contributed by atoms with E-state index in [1.807, 2.05) is 49.4 Å². The van der Waals surface area contributed by atoms with Crippen LogP contribution in [0.25, 0.3) is 11.1 Å². The van der Waals surface area contributed by atoms with Crippen LogP contribution in [-0.2, 0) is 34.1 Å². The van der Waals surface area contributed by atoms with Crippen LogP contribution in [-0.4, -0.2) is 54.0 Å². The van der Waals surface area contributed by atoms with Crippen molar-refractivity contribution in [1.29, 1.82) is 5.26 Å². The molecule has 2 atom stereocenters. The largest absolute Gasteiger partial charge is 0.488 e. The van der Waals surface area contributed by atoms with Crippen molar-refractivity contribution in [2.45, 2.75) is 84.3 Å². The fourth-order valence-electron chi connectivity index (χ4n) is 6.63. The number of likely N-dealkylation sites (tertiary alicyclic amines) is 1. The molecule has 1 saturated heterocycles. The number of halogens is 1. The summed E-state index contributed by atoms with van der Waals surface area (Å²) in [5, 5.41) is 9.80. The number of aldehydes is 1.